The minimum absolute atomic E-state index is 0.0230. The Morgan fingerprint density at radius 3 is 2.06 bits per heavy atom. The van der Waals surface area contributed by atoms with Gasteiger partial charge in [-0.25, -0.2) is 0 Å². The Hall–Kier alpha value is -4.92. The number of nitrogens with zero attached hydrogens (tertiary/aromatic N) is 1. The molecule has 5 aliphatic rings. The molecule has 0 radical (unpaired) electrons. The van der Waals surface area contributed by atoms with Crippen LogP contribution in [0.3, 0.4) is 0 Å². The Morgan fingerprint density at radius 2 is 1.38 bits per heavy atom. The normalized spacial score (nSPS) is 32.0. The highest BCUT2D eigenvalue weighted by Crippen LogP contribution is 2.35. The number of benzene rings is 2. The number of Topliss-reactive ketones (excluding diaryl/α,β-unsaturated/α-hetero) is 2. The van der Waals surface area contributed by atoms with Crippen molar-refractivity contribution in [2.45, 2.75) is 195 Å². The van der Waals surface area contributed by atoms with Gasteiger partial charge < -0.3 is 95.2 Å². The summed E-state index contributed by atoms with van der Waals surface area (Å²) >= 11 is 1.51. The number of hydrogen-bond acceptors (Lipinski definition) is 24. The van der Waals surface area contributed by atoms with E-state index in [-0.39, 0.29) is 78.9 Å². The summed E-state index contributed by atoms with van der Waals surface area (Å²) in [7, 11) is 0. The number of amides is 4. The molecule has 26 nitrogen and oxygen atoms in total. The van der Waals surface area contributed by atoms with Gasteiger partial charge in [0.25, 0.3) is 0 Å². The van der Waals surface area contributed by atoms with Crippen molar-refractivity contribution in [1.29, 1.82) is 5.41 Å². The van der Waals surface area contributed by atoms with E-state index in [2.05, 4.69) is 10.6 Å². The van der Waals surface area contributed by atoms with Crippen LogP contribution < -0.4 is 15.4 Å². The van der Waals surface area contributed by atoms with E-state index in [0.717, 1.165) is 42.6 Å². The average Bonchev–Trinajstić information content (AvgIpc) is 2.48. The van der Waals surface area contributed by atoms with E-state index in [1.54, 1.807) is 30.3 Å². The molecule has 87 heavy (non-hydrogen) atoms. The summed E-state index contributed by atoms with van der Waals surface area (Å²) in [5.74, 6) is -0.00397. The van der Waals surface area contributed by atoms with Crippen LogP contribution in [0.5, 0.6) is 5.75 Å². The molecule has 2 aromatic rings. The van der Waals surface area contributed by atoms with Crippen molar-refractivity contribution in [3.05, 3.63) is 54.1 Å². The van der Waals surface area contributed by atoms with Gasteiger partial charge in [0.15, 0.2) is 30.4 Å². The lowest BCUT2D eigenvalue weighted by Crippen LogP contribution is -2.68. The number of nitrogens with one attached hydrogen (secondary N) is 3. The van der Waals surface area contributed by atoms with Gasteiger partial charge >= 0.3 is 0 Å². The third-order valence-electron chi connectivity index (χ3n) is 16.5. The smallest absolute Gasteiger partial charge is 0.242 e. The summed E-state index contributed by atoms with van der Waals surface area (Å²) in [6.07, 6.45) is -16.9. The first-order valence-electron chi connectivity index (χ1n) is 30.0. The second kappa shape index (κ2) is 33.8. The van der Waals surface area contributed by atoms with Gasteiger partial charge in [-0.05, 0) is 105 Å². The van der Waals surface area contributed by atoms with Gasteiger partial charge in [-0.3, -0.25) is 33.7 Å². The van der Waals surface area contributed by atoms with Gasteiger partial charge in [0.05, 0.1) is 25.1 Å². The minimum atomic E-state index is -1.98. The lowest BCUT2D eigenvalue weighted by atomic mass is 9.81. The van der Waals surface area contributed by atoms with Gasteiger partial charge in [-0.15, -0.1) is 11.8 Å². The van der Waals surface area contributed by atoms with Crippen LogP contribution in [-0.4, -0.2) is 241 Å². The predicted molar refractivity (Wildman–Crippen MR) is 310 cm³/mol. The van der Waals surface area contributed by atoms with Gasteiger partial charge in [0, 0.05) is 63.1 Å². The summed E-state index contributed by atoms with van der Waals surface area (Å²) in [4.78, 5) is 78.7. The number of ether oxygens (including phenoxy) is 7. The topological polar surface area (TPSA) is 400 Å². The summed E-state index contributed by atoms with van der Waals surface area (Å²) in [5, 5.41) is 108. The highest BCUT2D eigenvalue weighted by Gasteiger charge is 2.54. The molecule has 2 aromatic carbocycles. The fourth-order valence-corrected chi connectivity index (χ4v) is 12.5. The number of aliphatic hydroxyl groups excluding tert-OH is 9. The van der Waals surface area contributed by atoms with Crippen LogP contribution in [0.15, 0.2) is 48.5 Å². The molecule has 7 rings (SSSR count). The second-order valence-corrected chi connectivity index (χ2v) is 24.1. The molecule has 7 unspecified atom stereocenters. The van der Waals surface area contributed by atoms with E-state index >= 15 is 0 Å². The summed E-state index contributed by atoms with van der Waals surface area (Å²) in [5.41, 5.74) is 2.84. The average molecular weight is 1250 g/mol. The molecule has 5 fully saturated rings. The number of aliphatic hydroxyl groups is 9. The van der Waals surface area contributed by atoms with Crippen molar-refractivity contribution < 1.29 is 108 Å². The monoisotopic (exact) mass is 1250 g/mol. The molecule has 0 bridgehead atoms. The van der Waals surface area contributed by atoms with Crippen molar-refractivity contribution in [3.8, 4) is 16.9 Å². The standard InChI is InChI=1S/C60H86N4O22S/c1-3-38(61)11-8-24-87-45-26-46(71)64(57(45)79)27-33-14-16-35(17-15-33)56(78)62-22-7-13-41(70)37-10-6-9-36(25-37)34-18-20-40(21-19-34)81-31-39(69)12-4-5-23-80-58-47(63-32(2)68)50(74)54(44(30-67)84-58)85-60-53(77)55(49(73)43(29-66)83-60)86-59-52(76)51(75)48(72)42(28-65)82-59/h6,9-10,18-21,25,33,35,42-45,47-55,58-61,65-67,72-77H,3-5,7-8,11-17,22-24,26-31H2,1-2H3,(H,62,78)(H,63,68)/t33?,35?,42?,43?,44?,45?,47?,48-,49-,50+,51-,52?,53?,54+,55-,58+,59+,60-/m0/s1. The molecule has 1 aliphatic carbocycles. The zero-order chi connectivity index (χ0) is 62.9. The molecule has 4 amide bonds. The lowest BCUT2D eigenvalue weighted by molar-refractivity contribution is -0.376. The molecule has 12 N–H and O–H groups in total. The number of ketones is 2. The number of rotatable bonds is 32. The highest BCUT2D eigenvalue weighted by molar-refractivity contribution is 8.00. The van der Waals surface area contributed by atoms with E-state index < -0.39 is 118 Å². The van der Waals surface area contributed by atoms with E-state index in [0.29, 0.717) is 68.6 Å². The van der Waals surface area contributed by atoms with Crippen molar-refractivity contribution in [3.63, 3.8) is 0 Å². The minimum Gasteiger partial charge on any atom is -0.486 e. The Morgan fingerprint density at radius 1 is 0.713 bits per heavy atom. The van der Waals surface area contributed by atoms with E-state index in [9.17, 15) is 74.7 Å². The van der Waals surface area contributed by atoms with Crippen molar-refractivity contribution in [1.82, 2.24) is 15.5 Å². The molecule has 0 aromatic heterocycles. The van der Waals surface area contributed by atoms with Crippen LogP contribution >= 0.6 is 11.8 Å². The zero-order valence-corrected chi connectivity index (χ0v) is 49.9. The fourth-order valence-electron chi connectivity index (χ4n) is 11.3. The Labute approximate surface area is 509 Å². The van der Waals surface area contributed by atoms with Gasteiger partial charge in [0.2, 0.25) is 23.6 Å². The fraction of sp³-hybridized carbons (Fsp3) is 0.683. The van der Waals surface area contributed by atoms with Gasteiger partial charge in [0.1, 0.15) is 85.5 Å². The largest absolute Gasteiger partial charge is 0.486 e. The molecule has 4 aliphatic heterocycles. The first kappa shape index (κ1) is 69.6. The van der Waals surface area contributed by atoms with Crippen LogP contribution in [0.25, 0.3) is 11.1 Å². The number of imide groups is 1. The van der Waals surface area contributed by atoms with Crippen LogP contribution in [0.1, 0.15) is 108 Å². The maximum atomic E-state index is 13.2. The van der Waals surface area contributed by atoms with Crippen molar-refractivity contribution in [2.24, 2.45) is 11.8 Å². The number of carbonyl (C=O) groups excluding carboxylic acids is 6. The van der Waals surface area contributed by atoms with E-state index in [1.165, 1.54) is 23.6 Å². The number of unbranched alkanes of at least 4 members (excludes halogenated alkanes) is 1. The van der Waals surface area contributed by atoms with Crippen molar-refractivity contribution in [2.75, 3.05) is 51.9 Å². The van der Waals surface area contributed by atoms with Crippen LogP contribution in [0.4, 0.5) is 0 Å². The zero-order valence-electron chi connectivity index (χ0n) is 49.0. The van der Waals surface area contributed by atoms with Crippen molar-refractivity contribution >= 4 is 52.7 Å². The molecular weight excluding hydrogens is 1160 g/mol. The number of likely N-dealkylation sites (tertiary alicyclic amines) is 1. The third kappa shape index (κ3) is 18.8. The molecule has 0 spiro atoms. The van der Waals surface area contributed by atoms with E-state index in [4.69, 9.17) is 38.6 Å². The predicted octanol–water partition coefficient (Wildman–Crippen LogP) is 0.0367. The number of hydrogen-bond donors (Lipinski definition) is 12. The molecule has 484 valence electrons. The lowest BCUT2D eigenvalue weighted by Gasteiger charge is -2.48. The quantitative estimate of drug-likeness (QED) is 0.0199. The molecule has 27 heteroatoms. The van der Waals surface area contributed by atoms with Gasteiger partial charge in [-0.1, -0.05) is 37.3 Å². The first-order valence-corrected chi connectivity index (χ1v) is 31.0. The SMILES string of the molecule is CCC(=N)CCCSC1CC(=O)N(CC2CCC(C(=O)NCCCC(=O)c3cccc(-c4ccc(OCC(=O)CCCCO[C@@H]5OC(CO)[C@@H](O[C@@H]6OC(CO)[C@H](O)[C@H](O[C@H]7OC(CO)[C@H](O)[C@H](O)C7O)C6O)[C@H](O)C5NC(C)=O)cc4)c3)CC2)C1=O. The Bertz CT molecular complexity index is 2590. The summed E-state index contributed by atoms with van der Waals surface area (Å²) in [6.45, 7) is 1.18. The number of thioether (sulfide) groups is 1. The molecule has 4 saturated heterocycles. The maximum absolute atomic E-state index is 13.2. The molecule has 1 saturated carbocycles. The Balaban J connectivity index is 0.786. The molecular formula is C60H86N4O22S. The van der Waals surface area contributed by atoms with Gasteiger partial charge in [-0.2, -0.15) is 0 Å². The van der Waals surface area contributed by atoms with Crippen LogP contribution in [0, 0.1) is 17.2 Å². The van der Waals surface area contributed by atoms with E-state index in [1.807, 2.05) is 25.1 Å². The molecule has 16 atom stereocenters. The number of carbonyl (C=O) groups is 6. The second-order valence-electron chi connectivity index (χ2n) is 22.8. The molecule has 4 heterocycles. The third-order valence-corrected chi connectivity index (χ3v) is 17.8. The van der Waals surface area contributed by atoms with Crippen LogP contribution in [-0.2, 0) is 52.4 Å². The summed E-state index contributed by atoms with van der Waals surface area (Å²) in [6, 6.07) is 13.0. The summed E-state index contributed by atoms with van der Waals surface area (Å²) < 4.78 is 40.1. The van der Waals surface area contributed by atoms with Crippen LogP contribution in [0.2, 0.25) is 0 Å². The maximum Gasteiger partial charge on any atom is 0.242 e. The Kier molecular flexibility index (Phi) is 27.0. The first-order chi connectivity index (χ1) is 41.7. The highest BCUT2D eigenvalue weighted by atomic mass is 32.2.